The van der Waals surface area contributed by atoms with Crippen molar-refractivity contribution in [3.8, 4) is 0 Å². The number of nitrogens with zero attached hydrogens (tertiary/aromatic N) is 2. The Kier molecular flexibility index (Phi) is 5.92. The number of urea groups is 1. The van der Waals surface area contributed by atoms with Crippen molar-refractivity contribution in [3.63, 3.8) is 0 Å². The maximum atomic E-state index is 12.9. The van der Waals surface area contributed by atoms with Gasteiger partial charge in [0.15, 0.2) is 0 Å². The van der Waals surface area contributed by atoms with Crippen molar-refractivity contribution >= 4 is 21.9 Å². The monoisotopic (exact) mass is 454 g/mol. The van der Waals surface area contributed by atoms with Crippen molar-refractivity contribution in [1.82, 2.24) is 13.9 Å². The van der Waals surface area contributed by atoms with Crippen LogP contribution in [0.2, 0.25) is 0 Å². The van der Waals surface area contributed by atoms with Gasteiger partial charge in [0, 0.05) is 38.4 Å². The molecule has 1 aliphatic heterocycles. The highest BCUT2D eigenvalue weighted by atomic mass is 32.2. The molecule has 2 aromatic rings. The van der Waals surface area contributed by atoms with E-state index in [0.717, 1.165) is 50.8 Å². The first-order valence-corrected chi connectivity index (χ1v) is 13.0. The lowest BCUT2D eigenvalue weighted by molar-refractivity contribution is 0.180. The molecular formula is C24H30N4O3S. The van der Waals surface area contributed by atoms with Crippen LogP contribution in [0.1, 0.15) is 40.7 Å². The third-order valence-corrected chi connectivity index (χ3v) is 8.34. The highest BCUT2D eigenvalue weighted by Gasteiger charge is 2.30. The van der Waals surface area contributed by atoms with Crippen LogP contribution in [0.3, 0.4) is 0 Å². The summed E-state index contributed by atoms with van der Waals surface area (Å²) in [5.74, 6) is 0. The van der Waals surface area contributed by atoms with Crippen LogP contribution in [0.4, 0.5) is 10.5 Å². The normalized spacial score (nSPS) is 18.9. The summed E-state index contributed by atoms with van der Waals surface area (Å²) in [7, 11) is -3.88. The Morgan fingerprint density at radius 1 is 0.875 bits per heavy atom. The van der Waals surface area contributed by atoms with Crippen molar-refractivity contribution in [2.24, 2.45) is 0 Å². The van der Waals surface area contributed by atoms with E-state index in [9.17, 15) is 13.2 Å². The molecule has 2 amide bonds. The van der Waals surface area contributed by atoms with E-state index in [1.807, 2.05) is 18.2 Å². The number of rotatable bonds is 5. The van der Waals surface area contributed by atoms with Gasteiger partial charge in [0.2, 0.25) is 0 Å². The first-order valence-electron chi connectivity index (χ1n) is 11.5. The predicted octanol–water partition coefficient (Wildman–Crippen LogP) is 2.85. The van der Waals surface area contributed by atoms with Gasteiger partial charge in [-0.15, -0.1) is 0 Å². The molecule has 32 heavy (non-hydrogen) atoms. The van der Waals surface area contributed by atoms with Gasteiger partial charge >= 0.3 is 16.2 Å². The van der Waals surface area contributed by atoms with E-state index >= 15 is 0 Å². The number of benzene rings is 2. The van der Waals surface area contributed by atoms with Crippen molar-refractivity contribution < 1.29 is 13.2 Å². The second-order valence-corrected chi connectivity index (χ2v) is 10.6. The summed E-state index contributed by atoms with van der Waals surface area (Å²) in [5, 5.41) is 2.91. The van der Waals surface area contributed by atoms with Gasteiger partial charge in [-0.2, -0.15) is 12.7 Å². The molecule has 0 radical (unpaired) electrons. The number of carbonyl (C=O) groups excluding carboxylic acids is 1. The SMILES string of the molecule is O=C(Nc1c2c(cc3c1CCC3)CCC2)NS(=O)(=O)N1CCN(Cc2ccccc2)CC1. The maximum Gasteiger partial charge on any atom is 0.333 e. The van der Waals surface area contributed by atoms with E-state index in [2.05, 4.69) is 33.1 Å². The molecule has 170 valence electrons. The molecule has 0 unspecified atom stereocenters. The Balaban J connectivity index is 1.21. The van der Waals surface area contributed by atoms with Crippen molar-refractivity contribution in [3.05, 3.63) is 64.2 Å². The number of carbonyl (C=O) groups is 1. The minimum absolute atomic E-state index is 0.367. The Morgan fingerprint density at radius 3 is 2.12 bits per heavy atom. The average Bonchev–Trinajstić information content (AvgIpc) is 3.44. The molecule has 2 aromatic carbocycles. The summed E-state index contributed by atoms with van der Waals surface area (Å²) in [5.41, 5.74) is 7.05. The van der Waals surface area contributed by atoms with Gasteiger partial charge < -0.3 is 5.32 Å². The number of aryl methyl sites for hydroxylation is 2. The highest BCUT2D eigenvalue weighted by Crippen LogP contribution is 2.38. The Bertz CT molecular complexity index is 1080. The fourth-order valence-corrected chi connectivity index (χ4v) is 6.32. The summed E-state index contributed by atoms with van der Waals surface area (Å²) in [6.07, 6.45) is 6.11. The summed E-state index contributed by atoms with van der Waals surface area (Å²) >= 11 is 0. The van der Waals surface area contributed by atoms with Crippen LogP contribution >= 0.6 is 0 Å². The van der Waals surface area contributed by atoms with E-state index < -0.39 is 16.2 Å². The number of fused-ring (bicyclic) bond motifs is 2. The molecule has 5 rings (SSSR count). The molecule has 0 bridgehead atoms. The maximum absolute atomic E-state index is 12.9. The Morgan fingerprint density at radius 2 is 1.50 bits per heavy atom. The third kappa shape index (κ3) is 4.40. The summed E-state index contributed by atoms with van der Waals surface area (Å²) < 4.78 is 29.3. The van der Waals surface area contributed by atoms with Gasteiger partial charge in [-0.1, -0.05) is 36.4 Å². The second kappa shape index (κ2) is 8.84. The molecule has 0 aromatic heterocycles. The zero-order valence-corrected chi connectivity index (χ0v) is 19.1. The number of hydrogen-bond donors (Lipinski definition) is 2. The highest BCUT2D eigenvalue weighted by molar-refractivity contribution is 7.87. The number of nitrogens with one attached hydrogen (secondary N) is 2. The van der Waals surface area contributed by atoms with Gasteiger partial charge in [-0.25, -0.2) is 9.52 Å². The second-order valence-electron chi connectivity index (χ2n) is 8.96. The van der Waals surface area contributed by atoms with Crippen LogP contribution in [-0.4, -0.2) is 49.8 Å². The van der Waals surface area contributed by atoms with Crippen molar-refractivity contribution in [2.75, 3.05) is 31.5 Å². The minimum Gasteiger partial charge on any atom is -0.307 e. The molecule has 0 spiro atoms. The lowest BCUT2D eigenvalue weighted by atomic mass is 9.99. The molecule has 1 heterocycles. The van der Waals surface area contributed by atoms with Gasteiger partial charge in [0.05, 0.1) is 0 Å². The van der Waals surface area contributed by atoms with Crippen LogP contribution in [0.5, 0.6) is 0 Å². The van der Waals surface area contributed by atoms with E-state index in [-0.39, 0.29) is 0 Å². The van der Waals surface area contributed by atoms with Crippen LogP contribution in [0.25, 0.3) is 0 Å². The molecule has 2 aliphatic carbocycles. The van der Waals surface area contributed by atoms with E-state index in [1.165, 1.54) is 32.1 Å². The topological polar surface area (TPSA) is 81.8 Å². The van der Waals surface area contributed by atoms with Crippen LogP contribution in [0.15, 0.2) is 36.4 Å². The fraction of sp³-hybridized carbons (Fsp3) is 0.458. The van der Waals surface area contributed by atoms with Crippen LogP contribution in [-0.2, 0) is 42.4 Å². The van der Waals surface area contributed by atoms with Gasteiger partial charge in [-0.3, -0.25) is 4.90 Å². The summed E-state index contributed by atoms with van der Waals surface area (Å²) in [6, 6.07) is 11.8. The lowest BCUT2D eigenvalue weighted by Crippen LogP contribution is -2.53. The molecule has 7 nitrogen and oxygen atoms in total. The molecule has 1 saturated heterocycles. The van der Waals surface area contributed by atoms with Crippen molar-refractivity contribution in [1.29, 1.82) is 0 Å². The standard InChI is InChI=1S/C24H30N4O3S/c29-24(25-23-21-10-4-8-19(21)16-20-9-5-11-22(20)23)26-32(30,31)28-14-12-27(13-15-28)17-18-6-2-1-3-7-18/h1-3,6-7,16H,4-5,8-15,17H2,(H2,25,26,29). The molecule has 2 N–H and O–H groups in total. The fourth-order valence-electron chi connectivity index (χ4n) is 5.26. The molecule has 3 aliphatic rings. The first-order chi connectivity index (χ1) is 15.5. The van der Waals surface area contributed by atoms with Gasteiger partial charge in [-0.05, 0) is 66.3 Å². The van der Waals surface area contributed by atoms with E-state index in [4.69, 9.17) is 0 Å². The molecule has 8 heteroatoms. The number of amides is 2. The zero-order valence-electron chi connectivity index (χ0n) is 18.3. The first kappa shape index (κ1) is 21.4. The lowest BCUT2D eigenvalue weighted by Gasteiger charge is -2.33. The van der Waals surface area contributed by atoms with Gasteiger partial charge in [0.1, 0.15) is 0 Å². The minimum atomic E-state index is -3.88. The average molecular weight is 455 g/mol. The van der Waals surface area contributed by atoms with E-state index in [0.29, 0.717) is 26.2 Å². The largest absolute Gasteiger partial charge is 0.333 e. The Hall–Kier alpha value is -2.42. The van der Waals surface area contributed by atoms with Crippen LogP contribution < -0.4 is 10.0 Å². The van der Waals surface area contributed by atoms with E-state index in [1.54, 1.807) is 0 Å². The summed E-state index contributed by atoms with van der Waals surface area (Å²) in [6.45, 7) is 2.80. The molecular weight excluding hydrogens is 424 g/mol. The van der Waals surface area contributed by atoms with Crippen molar-refractivity contribution in [2.45, 2.75) is 45.1 Å². The zero-order chi connectivity index (χ0) is 22.1. The predicted molar refractivity (Wildman–Crippen MR) is 125 cm³/mol. The quantitative estimate of drug-likeness (QED) is 0.728. The molecule has 1 fully saturated rings. The number of hydrogen-bond acceptors (Lipinski definition) is 4. The third-order valence-electron chi connectivity index (χ3n) is 6.85. The van der Waals surface area contributed by atoms with Crippen LogP contribution in [0, 0.1) is 0 Å². The molecule has 0 saturated carbocycles. The Labute approximate surface area is 190 Å². The smallest absolute Gasteiger partial charge is 0.307 e. The van der Waals surface area contributed by atoms with Gasteiger partial charge in [0.25, 0.3) is 0 Å². The number of piperazine rings is 1. The number of anilines is 1. The molecule has 0 atom stereocenters. The summed E-state index contributed by atoms with van der Waals surface area (Å²) in [4.78, 5) is 15.0.